The van der Waals surface area contributed by atoms with Crippen LogP contribution in [0.25, 0.3) is 0 Å². The average molecular weight is 279 g/mol. The number of nitrogens with zero attached hydrogens (tertiary/aromatic N) is 1. The quantitative estimate of drug-likeness (QED) is 0.326. The minimum atomic E-state index is -0.638. The molecule has 7 heteroatoms. The fourth-order valence-corrected chi connectivity index (χ4v) is 1.49. The smallest absolute Gasteiger partial charge is 0.292 e. The molecular formula is C13H17N3O4. The zero-order valence-electron chi connectivity index (χ0n) is 11.2. The molecule has 1 aromatic rings. The lowest BCUT2D eigenvalue weighted by atomic mass is 10.1. The van der Waals surface area contributed by atoms with Crippen LogP contribution in [0.15, 0.2) is 30.4 Å². The third kappa shape index (κ3) is 4.69. The van der Waals surface area contributed by atoms with Gasteiger partial charge in [0.2, 0.25) is 5.91 Å². The minimum absolute atomic E-state index is 0.116. The summed E-state index contributed by atoms with van der Waals surface area (Å²) in [6.07, 6.45) is 0. The third-order valence-corrected chi connectivity index (χ3v) is 2.39. The van der Waals surface area contributed by atoms with Crippen LogP contribution in [0, 0.1) is 10.1 Å². The number of ether oxygens (including phenoxy) is 1. The van der Waals surface area contributed by atoms with E-state index in [-0.39, 0.29) is 16.9 Å². The second-order valence-corrected chi connectivity index (χ2v) is 4.29. The van der Waals surface area contributed by atoms with Gasteiger partial charge in [-0.25, -0.2) is 0 Å². The van der Waals surface area contributed by atoms with E-state index in [1.54, 1.807) is 0 Å². The molecule has 1 amide bonds. The highest BCUT2D eigenvalue weighted by Gasteiger charge is 2.15. The number of hydrogen-bond acceptors (Lipinski definition) is 5. The predicted molar refractivity (Wildman–Crippen MR) is 75.7 cm³/mol. The van der Waals surface area contributed by atoms with Crippen LogP contribution in [0.2, 0.25) is 0 Å². The fourth-order valence-electron chi connectivity index (χ4n) is 1.49. The van der Waals surface area contributed by atoms with Crippen LogP contribution >= 0.6 is 0 Å². The van der Waals surface area contributed by atoms with Crippen LogP contribution in [0.3, 0.4) is 0 Å². The van der Waals surface area contributed by atoms with Crippen LogP contribution in [0.5, 0.6) is 0 Å². The Bertz CT molecular complexity index is 528. The molecule has 1 aromatic carbocycles. The van der Waals surface area contributed by atoms with E-state index in [1.165, 1.54) is 18.2 Å². The Morgan fingerprint density at radius 1 is 1.55 bits per heavy atom. The molecule has 20 heavy (non-hydrogen) atoms. The summed E-state index contributed by atoms with van der Waals surface area (Å²) in [5.74, 6) is -0.638. The summed E-state index contributed by atoms with van der Waals surface area (Å²) in [4.78, 5) is 21.4. The van der Waals surface area contributed by atoms with Crippen molar-refractivity contribution in [1.82, 2.24) is 0 Å². The van der Waals surface area contributed by atoms with Crippen molar-refractivity contribution in [1.29, 1.82) is 0 Å². The molecule has 0 fully saturated rings. The van der Waals surface area contributed by atoms with E-state index in [0.717, 1.165) is 5.57 Å². The van der Waals surface area contributed by atoms with Crippen molar-refractivity contribution in [3.05, 3.63) is 46.0 Å². The van der Waals surface area contributed by atoms with Crippen molar-refractivity contribution < 1.29 is 14.5 Å². The number of benzene rings is 1. The number of carbonyl (C=O) groups excluding carboxylic acids is 1. The number of amides is 1. The molecule has 0 saturated heterocycles. The van der Waals surface area contributed by atoms with Gasteiger partial charge in [-0.2, -0.15) is 0 Å². The Kier molecular flexibility index (Phi) is 5.67. The van der Waals surface area contributed by atoms with Crippen LogP contribution in [0.4, 0.5) is 11.4 Å². The molecule has 0 aliphatic rings. The fraction of sp³-hybridized carbons (Fsp3) is 0.308. The van der Waals surface area contributed by atoms with Crippen molar-refractivity contribution in [3.8, 4) is 0 Å². The molecular weight excluding hydrogens is 262 g/mol. The molecule has 0 heterocycles. The standard InChI is InChI=1S/C13H17N3O4/c1-9(2)8-20-6-5-15-11-7-10(13(14)17)3-4-12(11)16(18)19/h3-4,7,15H,1,5-6,8H2,2H3,(H2,14,17). The van der Waals surface area contributed by atoms with Crippen LogP contribution in [0.1, 0.15) is 17.3 Å². The maximum absolute atomic E-state index is 11.1. The largest absolute Gasteiger partial charge is 0.377 e. The van der Waals surface area contributed by atoms with E-state index in [1.807, 2.05) is 6.92 Å². The van der Waals surface area contributed by atoms with Gasteiger partial charge in [-0.3, -0.25) is 14.9 Å². The molecule has 3 N–H and O–H groups in total. The van der Waals surface area contributed by atoms with E-state index >= 15 is 0 Å². The molecule has 7 nitrogen and oxygen atoms in total. The molecule has 0 bridgehead atoms. The zero-order chi connectivity index (χ0) is 15.1. The molecule has 1 rings (SSSR count). The predicted octanol–water partition coefficient (Wildman–Crippen LogP) is 1.70. The van der Waals surface area contributed by atoms with E-state index < -0.39 is 10.8 Å². The number of nitrogens with two attached hydrogens (primary N) is 1. The Balaban J connectivity index is 2.70. The molecule has 0 unspecified atom stereocenters. The topological polar surface area (TPSA) is 107 Å². The van der Waals surface area contributed by atoms with Gasteiger partial charge in [-0.1, -0.05) is 12.2 Å². The van der Waals surface area contributed by atoms with Gasteiger partial charge in [-0.15, -0.1) is 0 Å². The second kappa shape index (κ2) is 7.25. The molecule has 0 radical (unpaired) electrons. The molecule has 0 aromatic heterocycles. The maximum Gasteiger partial charge on any atom is 0.292 e. The summed E-state index contributed by atoms with van der Waals surface area (Å²) >= 11 is 0. The SMILES string of the molecule is C=C(C)COCCNc1cc(C(N)=O)ccc1[N+](=O)[O-]. The number of nitro groups is 1. The highest BCUT2D eigenvalue weighted by atomic mass is 16.6. The van der Waals surface area contributed by atoms with Crippen molar-refractivity contribution >= 4 is 17.3 Å². The molecule has 0 atom stereocenters. The number of carbonyl (C=O) groups is 1. The maximum atomic E-state index is 11.1. The molecule has 0 saturated carbocycles. The van der Waals surface area contributed by atoms with Gasteiger partial charge >= 0.3 is 0 Å². The first-order valence-electron chi connectivity index (χ1n) is 5.96. The molecule has 0 spiro atoms. The van der Waals surface area contributed by atoms with Crippen molar-refractivity contribution in [3.63, 3.8) is 0 Å². The zero-order valence-corrected chi connectivity index (χ0v) is 11.2. The number of nitrogens with one attached hydrogen (secondary N) is 1. The summed E-state index contributed by atoms with van der Waals surface area (Å²) in [6, 6.07) is 3.93. The molecule has 0 aliphatic carbocycles. The second-order valence-electron chi connectivity index (χ2n) is 4.29. The summed E-state index contributed by atoms with van der Waals surface area (Å²) in [6.45, 7) is 6.71. The van der Waals surface area contributed by atoms with E-state index in [9.17, 15) is 14.9 Å². The highest BCUT2D eigenvalue weighted by Crippen LogP contribution is 2.25. The van der Waals surface area contributed by atoms with Gasteiger partial charge in [0.05, 0.1) is 18.1 Å². The van der Waals surface area contributed by atoms with Gasteiger partial charge < -0.3 is 15.8 Å². The molecule has 108 valence electrons. The normalized spacial score (nSPS) is 10.1. The van der Waals surface area contributed by atoms with Gasteiger partial charge in [-0.05, 0) is 19.1 Å². The Morgan fingerprint density at radius 3 is 2.80 bits per heavy atom. The summed E-state index contributed by atoms with van der Waals surface area (Å²) in [7, 11) is 0. The Labute approximate surface area is 116 Å². The monoisotopic (exact) mass is 279 g/mol. The summed E-state index contributed by atoms with van der Waals surface area (Å²) in [5, 5.41) is 13.7. The van der Waals surface area contributed by atoms with Crippen LogP contribution in [-0.2, 0) is 4.74 Å². The van der Waals surface area contributed by atoms with Crippen LogP contribution in [-0.4, -0.2) is 30.6 Å². The first-order valence-corrected chi connectivity index (χ1v) is 5.96. The first kappa shape index (κ1) is 15.6. The average Bonchev–Trinajstić information content (AvgIpc) is 2.37. The molecule has 0 aliphatic heterocycles. The van der Waals surface area contributed by atoms with Crippen molar-refractivity contribution in [2.24, 2.45) is 5.73 Å². The summed E-state index contributed by atoms with van der Waals surface area (Å²) in [5.41, 5.74) is 6.38. The van der Waals surface area contributed by atoms with E-state index in [0.29, 0.717) is 19.8 Å². The lowest BCUT2D eigenvalue weighted by Gasteiger charge is -2.09. The van der Waals surface area contributed by atoms with Crippen LogP contribution < -0.4 is 11.1 Å². The number of anilines is 1. The van der Waals surface area contributed by atoms with Gasteiger partial charge in [0, 0.05) is 18.2 Å². The van der Waals surface area contributed by atoms with Crippen molar-refractivity contribution in [2.45, 2.75) is 6.92 Å². The Hall–Kier alpha value is -2.41. The number of primary amides is 1. The van der Waals surface area contributed by atoms with Crippen molar-refractivity contribution in [2.75, 3.05) is 25.1 Å². The number of nitro benzene ring substituents is 1. The van der Waals surface area contributed by atoms with Gasteiger partial charge in [0.15, 0.2) is 0 Å². The Morgan fingerprint density at radius 2 is 2.25 bits per heavy atom. The number of hydrogen-bond donors (Lipinski definition) is 2. The van der Waals surface area contributed by atoms with E-state index in [2.05, 4.69) is 11.9 Å². The third-order valence-electron chi connectivity index (χ3n) is 2.39. The first-order chi connectivity index (χ1) is 9.41. The highest BCUT2D eigenvalue weighted by molar-refractivity contribution is 5.94. The lowest BCUT2D eigenvalue weighted by Crippen LogP contribution is -2.14. The summed E-state index contributed by atoms with van der Waals surface area (Å²) < 4.78 is 5.27. The number of rotatable bonds is 8. The lowest BCUT2D eigenvalue weighted by molar-refractivity contribution is -0.384. The minimum Gasteiger partial charge on any atom is -0.377 e. The van der Waals surface area contributed by atoms with Gasteiger partial charge in [0.25, 0.3) is 5.69 Å². The van der Waals surface area contributed by atoms with E-state index in [4.69, 9.17) is 10.5 Å². The van der Waals surface area contributed by atoms with Gasteiger partial charge in [0.1, 0.15) is 5.69 Å².